The predicted molar refractivity (Wildman–Crippen MR) is 101 cm³/mol. The molecule has 0 bridgehead atoms. The Kier molecular flexibility index (Phi) is 6.10. The molecule has 3 rings (SSSR count). The molecule has 0 aliphatic carbocycles. The number of non-ortho nitro benzene ring substituents is 1. The smallest absolute Gasteiger partial charge is 0.270 e. The van der Waals surface area contributed by atoms with Gasteiger partial charge in [-0.15, -0.1) is 10.2 Å². The first-order chi connectivity index (χ1) is 13.1. The first-order valence-electron chi connectivity index (χ1n) is 7.80. The molecule has 0 N–H and O–H groups in total. The van der Waals surface area contributed by atoms with E-state index < -0.39 is 4.92 Å². The molecule has 0 saturated heterocycles. The summed E-state index contributed by atoms with van der Waals surface area (Å²) in [6, 6.07) is 11.7. The Bertz CT molecular complexity index is 929. The molecule has 0 aliphatic heterocycles. The highest BCUT2D eigenvalue weighted by Gasteiger charge is 2.11. The van der Waals surface area contributed by atoms with E-state index in [0.29, 0.717) is 17.9 Å². The maximum atomic E-state index is 11.0. The normalized spacial score (nSPS) is 10.9. The average molecular weight is 432 g/mol. The molecule has 0 fully saturated rings. The summed E-state index contributed by atoms with van der Waals surface area (Å²) >= 11 is 3.36. The summed E-state index contributed by atoms with van der Waals surface area (Å²) in [6.07, 6.45) is 4.25. The number of nitrogens with zero attached hydrogens (tertiary/aromatic N) is 5. The van der Waals surface area contributed by atoms with E-state index in [9.17, 15) is 10.1 Å². The van der Waals surface area contributed by atoms with Crippen molar-refractivity contribution in [1.29, 1.82) is 0 Å². The van der Waals surface area contributed by atoms with Crippen LogP contribution in [0.3, 0.4) is 0 Å². The molecular weight excluding hydrogens is 418 g/mol. The average Bonchev–Trinajstić information content (AvgIpc) is 3.19. The third-order valence-electron chi connectivity index (χ3n) is 3.36. The lowest BCUT2D eigenvalue weighted by molar-refractivity contribution is -0.384. The first-order valence-corrected chi connectivity index (χ1v) is 8.60. The van der Waals surface area contributed by atoms with Gasteiger partial charge in [-0.3, -0.25) is 10.1 Å². The monoisotopic (exact) mass is 431 g/mol. The van der Waals surface area contributed by atoms with Gasteiger partial charge < -0.3 is 9.47 Å². The number of rotatable bonds is 8. The third kappa shape index (κ3) is 5.35. The van der Waals surface area contributed by atoms with Gasteiger partial charge >= 0.3 is 0 Å². The zero-order valence-corrected chi connectivity index (χ0v) is 15.5. The van der Waals surface area contributed by atoms with E-state index in [1.807, 2.05) is 24.3 Å². The van der Waals surface area contributed by atoms with E-state index >= 15 is 0 Å². The topological polar surface area (TPSA) is 105 Å². The van der Waals surface area contributed by atoms with Crippen LogP contribution in [-0.4, -0.2) is 39.2 Å². The van der Waals surface area contributed by atoms with Crippen molar-refractivity contribution in [2.75, 3.05) is 13.2 Å². The highest BCUT2D eigenvalue weighted by molar-refractivity contribution is 9.10. The van der Waals surface area contributed by atoms with E-state index in [-0.39, 0.29) is 12.3 Å². The molecule has 0 aliphatic rings. The molecular formula is C17H14BrN5O4. The van der Waals surface area contributed by atoms with E-state index in [2.05, 4.69) is 31.2 Å². The van der Waals surface area contributed by atoms with Gasteiger partial charge in [0.05, 0.1) is 11.1 Å². The molecule has 3 aromatic rings. The molecule has 1 heterocycles. The van der Waals surface area contributed by atoms with Crippen LogP contribution >= 0.6 is 15.9 Å². The Balaban J connectivity index is 1.66. The molecule has 0 radical (unpaired) electrons. The van der Waals surface area contributed by atoms with E-state index in [4.69, 9.17) is 9.47 Å². The minimum absolute atomic E-state index is 0.0568. The number of nitro benzene ring substituents is 1. The fourth-order valence-electron chi connectivity index (χ4n) is 2.11. The van der Waals surface area contributed by atoms with Gasteiger partial charge in [0.2, 0.25) is 0 Å². The zero-order chi connectivity index (χ0) is 19.1. The number of halogens is 1. The second kappa shape index (κ2) is 8.90. The van der Waals surface area contributed by atoms with Crippen LogP contribution in [0.25, 0.3) is 0 Å². The summed E-state index contributed by atoms with van der Waals surface area (Å²) in [5.41, 5.74) is 0.403. The minimum atomic E-state index is -0.476. The minimum Gasteiger partial charge on any atom is -0.490 e. The van der Waals surface area contributed by atoms with Gasteiger partial charge in [-0.1, -0.05) is 15.9 Å². The van der Waals surface area contributed by atoms with Gasteiger partial charge in [-0.2, -0.15) is 5.10 Å². The molecule has 0 saturated carbocycles. The van der Waals surface area contributed by atoms with Crippen LogP contribution in [0.1, 0.15) is 5.56 Å². The number of nitro groups is 1. The molecule has 0 spiro atoms. The highest BCUT2D eigenvalue weighted by Crippen LogP contribution is 2.23. The van der Waals surface area contributed by atoms with E-state index in [1.165, 1.54) is 41.7 Å². The molecule has 27 heavy (non-hydrogen) atoms. The van der Waals surface area contributed by atoms with Gasteiger partial charge in [0.25, 0.3) is 5.69 Å². The largest absolute Gasteiger partial charge is 0.490 e. The van der Waals surface area contributed by atoms with Crippen LogP contribution in [0.4, 0.5) is 5.69 Å². The Morgan fingerprint density at radius 2 is 1.81 bits per heavy atom. The van der Waals surface area contributed by atoms with Crippen molar-refractivity contribution in [3.8, 4) is 11.5 Å². The molecule has 138 valence electrons. The van der Waals surface area contributed by atoms with Crippen molar-refractivity contribution < 1.29 is 14.4 Å². The van der Waals surface area contributed by atoms with Crippen LogP contribution in [0.15, 0.2) is 64.7 Å². The van der Waals surface area contributed by atoms with E-state index in [1.54, 1.807) is 0 Å². The summed E-state index contributed by atoms with van der Waals surface area (Å²) in [4.78, 5) is 10.5. The number of benzene rings is 2. The van der Waals surface area contributed by atoms with Gasteiger partial charge in [-0.05, 0) is 30.3 Å². The first kappa shape index (κ1) is 18.5. The lowest BCUT2D eigenvalue weighted by Gasteiger charge is -2.10. The van der Waals surface area contributed by atoms with Crippen molar-refractivity contribution >= 4 is 27.8 Å². The standard InChI is InChI=1S/C17H14BrN5O4/c18-14-1-4-16(5-2-14)26-7-8-27-17-6-3-15(23(24)25)9-13(17)10-21-22-11-19-20-12-22/h1-6,9-12H,7-8H2/b21-10+. The molecule has 1 aromatic heterocycles. The maximum Gasteiger partial charge on any atom is 0.270 e. The third-order valence-corrected chi connectivity index (χ3v) is 3.89. The molecule has 0 unspecified atom stereocenters. The van der Waals surface area contributed by atoms with Gasteiger partial charge in [0, 0.05) is 22.2 Å². The highest BCUT2D eigenvalue weighted by atomic mass is 79.9. The Hall–Kier alpha value is -3.27. The Labute approximate surface area is 162 Å². The zero-order valence-electron chi connectivity index (χ0n) is 13.9. The van der Waals surface area contributed by atoms with Crippen molar-refractivity contribution in [3.05, 3.63) is 75.3 Å². The molecule has 10 heteroatoms. The number of ether oxygens (including phenoxy) is 2. The van der Waals surface area contributed by atoms with Crippen LogP contribution in [0.5, 0.6) is 11.5 Å². The summed E-state index contributed by atoms with van der Waals surface area (Å²) in [5.74, 6) is 1.18. The fourth-order valence-corrected chi connectivity index (χ4v) is 2.37. The van der Waals surface area contributed by atoms with Crippen molar-refractivity contribution in [2.24, 2.45) is 5.10 Å². The number of hydrogen-bond donors (Lipinski definition) is 0. The van der Waals surface area contributed by atoms with Gasteiger partial charge in [0.15, 0.2) is 0 Å². The fraction of sp³-hybridized carbons (Fsp3) is 0.118. The van der Waals surface area contributed by atoms with Crippen LogP contribution in [0, 0.1) is 10.1 Å². The lowest BCUT2D eigenvalue weighted by atomic mass is 10.2. The van der Waals surface area contributed by atoms with E-state index in [0.717, 1.165) is 10.2 Å². The number of aromatic nitrogens is 3. The van der Waals surface area contributed by atoms with Crippen molar-refractivity contribution in [3.63, 3.8) is 0 Å². The molecule has 0 atom stereocenters. The lowest BCUT2D eigenvalue weighted by Crippen LogP contribution is -2.10. The van der Waals surface area contributed by atoms with Gasteiger partial charge in [-0.25, -0.2) is 4.68 Å². The summed E-state index contributed by atoms with van der Waals surface area (Å²) in [5, 5.41) is 22.4. The van der Waals surface area contributed by atoms with Crippen molar-refractivity contribution in [1.82, 2.24) is 14.9 Å². The predicted octanol–water partition coefficient (Wildman–Crippen LogP) is 3.29. The molecule has 0 amide bonds. The van der Waals surface area contributed by atoms with Gasteiger partial charge in [0.1, 0.15) is 37.4 Å². The summed E-state index contributed by atoms with van der Waals surface area (Å²) < 4.78 is 13.6. The quantitative estimate of drug-likeness (QED) is 0.234. The Morgan fingerprint density at radius 1 is 1.11 bits per heavy atom. The molecule has 9 nitrogen and oxygen atoms in total. The summed E-state index contributed by atoms with van der Waals surface area (Å²) in [7, 11) is 0. The van der Waals surface area contributed by atoms with Crippen molar-refractivity contribution in [2.45, 2.75) is 0 Å². The summed E-state index contributed by atoms with van der Waals surface area (Å²) in [6.45, 7) is 0.585. The Morgan fingerprint density at radius 3 is 2.52 bits per heavy atom. The van der Waals surface area contributed by atoms with Crippen LogP contribution in [-0.2, 0) is 0 Å². The SMILES string of the molecule is O=[N+]([O-])c1ccc(OCCOc2ccc(Br)cc2)c(/C=N/n2cnnc2)c1. The van der Waals surface area contributed by atoms with Crippen LogP contribution in [0.2, 0.25) is 0 Å². The second-order valence-electron chi connectivity index (χ2n) is 5.22. The molecule has 2 aromatic carbocycles. The van der Waals surface area contributed by atoms with Crippen LogP contribution < -0.4 is 9.47 Å². The second-order valence-corrected chi connectivity index (χ2v) is 6.13. The maximum absolute atomic E-state index is 11.0. The number of hydrogen-bond acceptors (Lipinski definition) is 7.